The number of carboxylic acids is 1. The first-order valence-electron chi connectivity index (χ1n) is 6.58. The van der Waals surface area contributed by atoms with Crippen LogP contribution < -0.4 is 22.5 Å². The number of hydrogen-bond donors (Lipinski definition) is 7. The first-order chi connectivity index (χ1) is 10.5. The largest absolute Gasteiger partial charge is 0.479 e. The van der Waals surface area contributed by atoms with Crippen molar-refractivity contribution in [1.29, 1.82) is 0 Å². The van der Waals surface area contributed by atoms with Crippen molar-refractivity contribution in [3.05, 3.63) is 12.2 Å². The van der Waals surface area contributed by atoms with Crippen LogP contribution in [-0.2, 0) is 14.2 Å². The number of rotatable bonds is 10. The number of aliphatic imine (C=N–C) groups is 1. The summed E-state index contributed by atoms with van der Waals surface area (Å²) in [6.45, 7) is 0.286. The topological polar surface area (TPSA) is 214 Å². The highest BCUT2D eigenvalue weighted by atomic mass is 31.2. The lowest BCUT2D eigenvalue weighted by atomic mass is 10.1. The molecule has 0 bridgehead atoms. The van der Waals surface area contributed by atoms with Crippen LogP contribution in [0.15, 0.2) is 17.1 Å². The molecule has 0 fully saturated rings. The van der Waals surface area contributed by atoms with Crippen LogP contribution in [0.25, 0.3) is 0 Å². The Morgan fingerprint density at radius 1 is 1.30 bits per heavy atom. The van der Waals surface area contributed by atoms with Gasteiger partial charge in [-0.2, -0.15) is 0 Å². The van der Waals surface area contributed by atoms with E-state index in [2.05, 4.69) is 10.3 Å². The summed E-state index contributed by atoms with van der Waals surface area (Å²) in [5, 5.41) is 11.1. The van der Waals surface area contributed by atoms with Gasteiger partial charge in [-0.05, 0) is 12.8 Å². The molecule has 11 nitrogen and oxygen atoms in total. The van der Waals surface area contributed by atoms with E-state index in [1.54, 1.807) is 0 Å². The van der Waals surface area contributed by atoms with Crippen LogP contribution in [0.5, 0.6) is 0 Å². The number of hydrogen-bond acceptors (Lipinski definition) is 5. The van der Waals surface area contributed by atoms with E-state index in [0.29, 0.717) is 6.42 Å². The van der Waals surface area contributed by atoms with Gasteiger partial charge in [0.05, 0.1) is 12.2 Å². The Bertz CT molecular complexity index is 513. The second-order valence-corrected chi connectivity index (χ2v) is 6.35. The maximum absolute atomic E-state index is 11.8. The van der Waals surface area contributed by atoms with Gasteiger partial charge in [-0.15, -0.1) is 0 Å². The summed E-state index contributed by atoms with van der Waals surface area (Å²) >= 11 is 0. The molecule has 0 aliphatic heterocycles. The highest BCUT2D eigenvalue weighted by molar-refractivity contribution is 7.51. The average Bonchev–Trinajstić information content (AvgIpc) is 2.40. The van der Waals surface area contributed by atoms with Gasteiger partial charge in [-0.25, -0.2) is 4.79 Å². The monoisotopic (exact) mass is 351 g/mol. The van der Waals surface area contributed by atoms with Crippen molar-refractivity contribution in [1.82, 2.24) is 5.32 Å². The molecule has 0 aliphatic carbocycles. The molecule has 10 N–H and O–H groups in total. The zero-order chi connectivity index (χ0) is 18.0. The summed E-state index contributed by atoms with van der Waals surface area (Å²) in [7, 11) is -4.28. The summed E-state index contributed by atoms with van der Waals surface area (Å²) in [5.41, 5.74) is 15.9. The van der Waals surface area contributed by atoms with Gasteiger partial charge in [0.2, 0.25) is 5.91 Å². The van der Waals surface area contributed by atoms with Crippen molar-refractivity contribution in [2.24, 2.45) is 22.2 Å². The van der Waals surface area contributed by atoms with Gasteiger partial charge in [0, 0.05) is 6.54 Å². The van der Waals surface area contributed by atoms with Crippen molar-refractivity contribution >= 4 is 25.4 Å². The molecule has 1 amide bonds. The Hall–Kier alpha value is -1.94. The summed E-state index contributed by atoms with van der Waals surface area (Å²) in [6, 6.07) is -2.39. The molecule has 0 saturated heterocycles. The molecule has 0 aromatic rings. The van der Waals surface area contributed by atoms with E-state index >= 15 is 0 Å². The van der Waals surface area contributed by atoms with Gasteiger partial charge in [0.25, 0.3) is 0 Å². The molecule has 0 unspecified atom stereocenters. The molecule has 0 spiro atoms. The van der Waals surface area contributed by atoms with E-state index in [0.717, 1.165) is 12.2 Å². The normalized spacial score (nSPS) is 14.2. The standard InChI is InChI=1S/C11H22N5O6P/c12-7(3-1-5-15-11(13)14)9(17)16-8(10(18)19)4-2-6-23(20,21)22/h2,4,7-8H,1,3,5-6,12H2,(H,16,17)(H,18,19)(H4,13,14,15)(H2,20,21,22)/b4-2+/t7-,8-/m0/s1. The zero-order valence-electron chi connectivity index (χ0n) is 12.3. The maximum Gasteiger partial charge on any atom is 0.330 e. The second-order valence-electron chi connectivity index (χ2n) is 4.66. The smallest absolute Gasteiger partial charge is 0.330 e. The van der Waals surface area contributed by atoms with Crippen molar-refractivity contribution < 1.29 is 29.0 Å². The fraction of sp³-hybridized carbons (Fsp3) is 0.545. The maximum atomic E-state index is 11.8. The van der Waals surface area contributed by atoms with Gasteiger partial charge < -0.3 is 37.4 Å². The molecule has 23 heavy (non-hydrogen) atoms. The van der Waals surface area contributed by atoms with Gasteiger partial charge in [0.1, 0.15) is 6.04 Å². The third-order valence-electron chi connectivity index (χ3n) is 2.54. The summed E-state index contributed by atoms with van der Waals surface area (Å²) in [5.74, 6) is -2.17. The molecule has 0 aromatic heterocycles. The number of allylic oxidation sites excluding steroid dienone is 1. The second kappa shape index (κ2) is 9.95. The Balaban J connectivity index is 4.46. The van der Waals surface area contributed by atoms with Crippen LogP contribution in [0.2, 0.25) is 0 Å². The van der Waals surface area contributed by atoms with Crippen molar-refractivity contribution in [2.75, 3.05) is 12.7 Å². The number of carbonyl (C=O) groups excluding carboxylic acids is 1. The molecule has 0 saturated carbocycles. The quantitative estimate of drug-likeness (QED) is 0.0737. The van der Waals surface area contributed by atoms with E-state index in [9.17, 15) is 14.2 Å². The Kier molecular flexibility index (Phi) is 9.11. The van der Waals surface area contributed by atoms with Gasteiger partial charge in [0.15, 0.2) is 5.96 Å². The van der Waals surface area contributed by atoms with E-state index < -0.39 is 37.7 Å². The minimum absolute atomic E-state index is 0.0795. The SMILES string of the molecule is NC(N)=NCCC[C@H](N)C(=O)N[C@@H](/C=C/CP(=O)(O)O)C(=O)O. The number of carbonyl (C=O) groups is 2. The first-order valence-corrected chi connectivity index (χ1v) is 8.38. The Morgan fingerprint density at radius 3 is 2.39 bits per heavy atom. The fourth-order valence-corrected chi connectivity index (χ4v) is 1.83. The van der Waals surface area contributed by atoms with Crippen molar-refractivity contribution in [3.8, 4) is 0 Å². The minimum atomic E-state index is -4.28. The third kappa shape index (κ3) is 11.3. The van der Waals surface area contributed by atoms with Crippen molar-refractivity contribution in [3.63, 3.8) is 0 Å². The van der Waals surface area contributed by atoms with E-state index in [-0.39, 0.29) is 18.9 Å². The molecular weight excluding hydrogens is 329 g/mol. The molecule has 12 heteroatoms. The number of amides is 1. The number of aliphatic carboxylic acids is 1. The van der Waals surface area contributed by atoms with E-state index in [1.165, 1.54) is 0 Å². The van der Waals surface area contributed by atoms with Crippen LogP contribution in [0.3, 0.4) is 0 Å². The molecule has 0 rings (SSSR count). The lowest BCUT2D eigenvalue weighted by molar-refractivity contribution is -0.140. The summed E-state index contributed by atoms with van der Waals surface area (Å²) in [6.07, 6.45) is 2.01. The number of nitrogens with zero attached hydrogens (tertiary/aromatic N) is 1. The van der Waals surface area contributed by atoms with Crippen LogP contribution in [0, 0.1) is 0 Å². The molecular formula is C11H22N5O6P. The van der Waals surface area contributed by atoms with Crippen molar-refractivity contribution in [2.45, 2.75) is 24.9 Å². The van der Waals surface area contributed by atoms with Crippen LogP contribution in [0.1, 0.15) is 12.8 Å². The number of nitrogens with two attached hydrogens (primary N) is 3. The number of carboxylic acid groups (broad SMARTS) is 1. The van der Waals surface area contributed by atoms with E-state index in [1.807, 2.05) is 0 Å². The first kappa shape index (κ1) is 21.1. The molecule has 132 valence electrons. The lowest BCUT2D eigenvalue weighted by Crippen LogP contribution is -2.47. The van der Waals surface area contributed by atoms with Crippen LogP contribution >= 0.6 is 7.60 Å². The third-order valence-corrected chi connectivity index (χ3v) is 3.23. The van der Waals surface area contributed by atoms with Gasteiger partial charge >= 0.3 is 13.6 Å². The molecule has 0 aromatic carbocycles. The average molecular weight is 351 g/mol. The highest BCUT2D eigenvalue weighted by Crippen LogP contribution is 2.33. The highest BCUT2D eigenvalue weighted by Gasteiger charge is 2.21. The molecule has 0 aliphatic rings. The summed E-state index contributed by atoms with van der Waals surface area (Å²) in [4.78, 5) is 43.8. The van der Waals surface area contributed by atoms with Crippen LogP contribution in [-0.4, -0.2) is 57.5 Å². The predicted octanol–water partition coefficient (Wildman–Crippen LogP) is -2.33. The zero-order valence-corrected chi connectivity index (χ0v) is 13.2. The number of guanidine groups is 1. The molecule has 2 atom stereocenters. The van der Waals surface area contributed by atoms with E-state index in [4.69, 9.17) is 32.1 Å². The van der Waals surface area contributed by atoms with Gasteiger partial charge in [-0.1, -0.05) is 12.2 Å². The Labute approximate surface area is 132 Å². The summed E-state index contributed by atoms with van der Waals surface area (Å²) < 4.78 is 10.7. The number of nitrogens with one attached hydrogen (secondary N) is 1. The minimum Gasteiger partial charge on any atom is -0.479 e. The Morgan fingerprint density at radius 2 is 1.91 bits per heavy atom. The molecule has 0 radical (unpaired) electrons. The predicted molar refractivity (Wildman–Crippen MR) is 83.5 cm³/mol. The molecule has 0 heterocycles. The van der Waals surface area contributed by atoms with Crippen LogP contribution in [0.4, 0.5) is 0 Å². The fourth-order valence-electron chi connectivity index (χ4n) is 1.44. The van der Waals surface area contributed by atoms with Gasteiger partial charge in [-0.3, -0.25) is 14.4 Å². The lowest BCUT2D eigenvalue weighted by Gasteiger charge is -2.15.